The van der Waals surface area contributed by atoms with Gasteiger partial charge in [0.05, 0.1) is 0 Å². The zero-order chi connectivity index (χ0) is 13.0. The first-order valence-corrected chi connectivity index (χ1v) is 6.63. The van der Waals surface area contributed by atoms with E-state index in [1.807, 2.05) is 20.8 Å². The fraction of sp³-hybridized carbons (Fsp3) is 0.846. The van der Waals surface area contributed by atoms with E-state index in [0.29, 0.717) is 13.0 Å². The summed E-state index contributed by atoms with van der Waals surface area (Å²) in [6.07, 6.45) is 2.68. The molecule has 2 unspecified atom stereocenters. The van der Waals surface area contributed by atoms with Crippen molar-refractivity contribution in [2.75, 3.05) is 6.54 Å². The molecule has 0 aliphatic carbocycles. The number of hydrogen-bond donors (Lipinski definition) is 1. The van der Waals surface area contributed by atoms with Crippen LogP contribution in [0.3, 0.4) is 0 Å². The molecule has 0 radical (unpaired) electrons. The molecular weight excluding hydrogens is 216 g/mol. The Morgan fingerprint density at radius 3 is 2.41 bits per heavy atom. The molecule has 1 aliphatic rings. The minimum atomic E-state index is -0.345. The van der Waals surface area contributed by atoms with Gasteiger partial charge in [-0.25, -0.2) is 0 Å². The Hall–Kier alpha value is -1.06. The first-order valence-electron chi connectivity index (χ1n) is 6.63. The molecule has 98 valence electrons. The molecule has 17 heavy (non-hydrogen) atoms. The lowest BCUT2D eigenvalue weighted by Gasteiger charge is -2.40. The molecule has 2 atom stereocenters. The lowest BCUT2D eigenvalue weighted by molar-refractivity contribution is -0.150. The van der Waals surface area contributed by atoms with Crippen LogP contribution in [0.1, 0.15) is 47.0 Å². The zero-order valence-electron chi connectivity index (χ0n) is 11.3. The van der Waals surface area contributed by atoms with Gasteiger partial charge >= 0.3 is 0 Å². The molecule has 0 spiro atoms. The Kier molecular flexibility index (Phi) is 4.97. The van der Waals surface area contributed by atoms with E-state index in [2.05, 4.69) is 12.2 Å². The number of amides is 2. The molecule has 0 saturated carbocycles. The fourth-order valence-corrected chi connectivity index (χ4v) is 2.24. The molecular formula is C13H24N2O2. The Balaban J connectivity index is 2.84. The van der Waals surface area contributed by atoms with Crippen LogP contribution < -0.4 is 5.32 Å². The highest BCUT2D eigenvalue weighted by atomic mass is 16.2. The van der Waals surface area contributed by atoms with Gasteiger partial charge in [-0.15, -0.1) is 0 Å². The second-order valence-electron chi connectivity index (χ2n) is 5.04. The molecule has 4 heteroatoms. The molecule has 0 aromatic rings. The Morgan fingerprint density at radius 2 is 1.94 bits per heavy atom. The second kappa shape index (κ2) is 6.03. The van der Waals surface area contributed by atoms with Crippen LogP contribution in [0.25, 0.3) is 0 Å². The third-order valence-electron chi connectivity index (χ3n) is 3.33. The molecule has 2 amide bonds. The Bertz CT molecular complexity index is 289. The standard InChI is InChI=1S/C13H24N2O2/c1-5-7-8-15-10(6-2)12(16)14-11(9(3)4)13(15)17/h9-11H,5-8H2,1-4H3,(H,14,16). The van der Waals surface area contributed by atoms with Gasteiger partial charge in [0.25, 0.3) is 0 Å². The van der Waals surface area contributed by atoms with E-state index in [1.165, 1.54) is 0 Å². The highest BCUT2D eigenvalue weighted by molar-refractivity contribution is 5.97. The summed E-state index contributed by atoms with van der Waals surface area (Å²) >= 11 is 0. The average molecular weight is 240 g/mol. The van der Waals surface area contributed by atoms with E-state index in [1.54, 1.807) is 4.90 Å². The van der Waals surface area contributed by atoms with Crippen molar-refractivity contribution in [3.8, 4) is 0 Å². The van der Waals surface area contributed by atoms with Gasteiger partial charge in [-0.05, 0) is 18.8 Å². The summed E-state index contributed by atoms with van der Waals surface area (Å²) in [5, 5.41) is 2.84. The van der Waals surface area contributed by atoms with Gasteiger partial charge in [0.15, 0.2) is 0 Å². The number of nitrogens with zero attached hydrogens (tertiary/aromatic N) is 1. The summed E-state index contributed by atoms with van der Waals surface area (Å²) in [7, 11) is 0. The first kappa shape index (κ1) is 14.0. The SMILES string of the molecule is CCCCN1C(=O)C(C(C)C)NC(=O)C1CC. The zero-order valence-corrected chi connectivity index (χ0v) is 11.3. The highest BCUT2D eigenvalue weighted by Crippen LogP contribution is 2.18. The topological polar surface area (TPSA) is 49.4 Å². The van der Waals surface area contributed by atoms with Crippen LogP contribution in [0, 0.1) is 5.92 Å². The number of unbranched alkanes of at least 4 members (excludes halogenated alkanes) is 1. The first-order chi connectivity index (χ1) is 8.02. The molecule has 1 fully saturated rings. The van der Waals surface area contributed by atoms with Crippen LogP contribution in [0.5, 0.6) is 0 Å². The fourth-order valence-electron chi connectivity index (χ4n) is 2.24. The smallest absolute Gasteiger partial charge is 0.246 e. The Morgan fingerprint density at radius 1 is 1.29 bits per heavy atom. The van der Waals surface area contributed by atoms with Crippen LogP contribution in [-0.2, 0) is 9.59 Å². The van der Waals surface area contributed by atoms with Crippen molar-refractivity contribution in [1.82, 2.24) is 10.2 Å². The summed E-state index contributed by atoms with van der Waals surface area (Å²) in [5.74, 6) is 0.232. The summed E-state index contributed by atoms with van der Waals surface area (Å²) < 4.78 is 0. The minimum Gasteiger partial charge on any atom is -0.342 e. The largest absolute Gasteiger partial charge is 0.342 e. The molecule has 0 bridgehead atoms. The number of nitrogens with one attached hydrogen (secondary N) is 1. The summed E-state index contributed by atoms with van der Waals surface area (Å²) in [6, 6.07) is -0.619. The van der Waals surface area contributed by atoms with E-state index in [-0.39, 0.29) is 29.8 Å². The van der Waals surface area contributed by atoms with E-state index >= 15 is 0 Å². The highest BCUT2D eigenvalue weighted by Gasteiger charge is 2.40. The monoisotopic (exact) mass is 240 g/mol. The van der Waals surface area contributed by atoms with Crippen molar-refractivity contribution in [2.24, 2.45) is 5.92 Å². The number of hydrogen-bond acceptors (Lipinski definition) is 2. The van der Waals surface area contributed by atoms with E-state index < -0.39 is 0 Å². The van der Waals surface area contributed by atoms with Crippen LogP contribution in [0.4, 0.5) is 0 Å². The lowest BCUT2D eigenvalue weighted by atomic mass is 9.96. The van der Waals surface area contributed by atoms with Crippen LogP contribution in [0.2, 0.25) is 0 Å². The van der Waals surface area contributed by atoms with Gasteiger partial charge in [0.1, 0.15) is 12.1 Å². The molecule has 1 rings (SSSR count). The van der Waals surface area contributed by atoms with E-state index in [0.717, 1.165) is 12.8 Å². The van der Waals surface area contributed by atoms with Crippen molar-refractivity contribution in [3.05, 3.63) is 0 Å². The maximum atomic E-state index is 12.3. The molecule has 0 aromatic heterocycles. The molecule has 1 aliphatic heterocycles. The van der Waals surface area contributed by atoms with Gasteiger partial charge < -0.3 is 10.2 Å². The molecule has 1 saturated heterocycles. The van der Waals surface area contributed by atoms with Gasteiger partial charge in [-0.1, -0.05) is 34.1 Å². The van der Waals surface area contributed by atoms with E-state index in [9.17, 15) is 9.59 Å². The van der Waals surface area contributed by atoms with Gasteiger partial charge in [-0.2, -0.15) is 0 Å². The maximum Gasteiger partial charge on any atom is 0.246 e. The normalized spacial score (nSPS) is 25.4. The van der Waals surface area contributed by atoms with Crippen LogP contribution >= 0.6 is 0 Å². The molecule has 1 N–H and O–H groups in total. The average Bonchev–Trinajstić information content (AvgIpc) is 2.29. The maximum absolute atomic E-state index is 12.3. The summed E-state index contributed by atoms with van der Waals surface area (Å²) in [4.78, 5) is 26.0. The molecule has 1 heterocycles. The third-order valence-corrected chi connectivity index (χ3v) is 3.33. The van der Waals surface area contributed by atoms with Gasteiger partial charge in [-0.3, -0.25) is 9.59 Å². The van der Waals surface area contributed by atoms with Crippen molar-refractivity contribution >= 4 is 11.8 Å². The second-order valence-corrected chi connectivity index (χ2v) is 5.04. The number of rotatable bonds is 5. The quantitative estimate of drug-likeness (QED) is 0.792. The lowest BCUT2D eigenvalue weighted by Crippen LogP contribution is -2.64. The Labute approximate surface area is 104 Å². The van der Waals surface area contributed by atoms with Crippen molar-refractivity contribution in [3.63, 3.8) is 0 Å². The number of carbonyl (C=O) groups excluding carboxylic acids is 2. The van der Waals surface area contributed by atoms with Crippen molar-refractivity contribution in [1.29, 1.82) is 0 Å². The van der Waals surface area contributed by atoms with Crippen molar-refractivity contribution < 1.29 is 9.59 Å². The predicted molar refractivity (Wildman–Crippen MR) is 67.5 cm³/mol. The van der Waals surface area contributed by atoms with Crippen molar-refractivity contribution in [2.45, 2.75) is 59.0 Å². The van der Waals surface area contributed by atoms with Gasteiger partial charge in [0.2, 0.25) is 11.8 Å². The number of carbonyl (C=O) groups is 2. The molecule has 0 aromatic carbocycles. The third kappa shape index (κ3) is 2.99. The van der Waals surface area contributed by atoms with Gasteiger partial charge in [0, 0.05) is 6.54 Å². The molecule has 4 nitrogen and oxygen atoms in total. The summed E-state index contributed by atoms with van der Waals surface area (Å²) in [6.45, 7) is 8.67. The predicted octanol–water partition coefficient (Wildman–Crippen LogP) is 1.55. The van der Waals surface area contributed by atoms with Crippen LogP contribution in [0.15, 0.2) is 0 Å². The minimum absolute atomic E-state index is 0.00176. The van der Waals surface area contributed by atoms with Crippen LogP contribution in [-0.4, -0.2) is 35.3 Å². The summed E-state index contributed by atoms with van der Waals surface area (Å²) in [5.41, 5.74) is 0. The van der Waals surface area contributed by atoms with E-state index in [4.69, 9.17) is 0 Å². The number of piperazine rings is 1.